The maximum atomic E-state index is 11.6. The summed E-state index contributed by atoms with van der Waals surface area (Å²) in [5.74, 6) is 2.15. The second-order valence-corrected chi connectivity index (χ2v) is 3.29. The lowest BCUT2D eigenvalue weighted by Gasteiger charge is -2.34. The third-order valence-corrected chi connectivity index (χ3v) is 2.35. The number of methoxy groups -OCH3 is 1. The van der Waals surface area contributed by atoms with Gasteiger partial charge in [-0.15, -0.1) is 6.42 Å². The molecule has 0 aliphatic carbocycles. The van der Waals surface area contributed by atoms with Crippen LogP contribution in [0.1, 0.15) is 12.8 Å². The van der Waals surface area contributed by atoms with Gasteiger partial charge in [0.1, 0.15) is 5.54 Å². The normalized spacial score (nSPS) is 26.6. The predicted octanol–water partition coefficient (Wildman–Crippen LogP) is -0.0686. The van der Waals surface area contributed by atoms with Crippen LogP contribution >= 0.6 is 0 Å². The van der Waals surface area contributed by atoms with Gasteiger partial charge in [-0.2, -0.15) is 0 Å². The average Bonchev–Trinajstić information content (AvgIpc) is 2.26. The van der Waals surface area contributed by atoms with Gasteiger partial charge in [0.15, 0.2) is 0 Å². The number of ether oxygens (including phenoxy) is 2. The molecule has 1 aliphatic rings. The average molecular weight is 197 g/mol. The quantitative estimate of drug-likeness (QED) is 0.508. The van der Waals surface area contributed by atoms with Crippen LogP contribution in [-0.2, 0) is 14.3 Å². The molecule has 0 radical (unpaired) electrons. The molecule has 4 heteroatoms. The minimum atomic E-state index is -0.737. The lowest BCUT2D eigenvalue weighted by Crippen LogP contribution is -2.58. The summed E-state index contributed by atoms with van der Waals surface area (Å²) < 4.78 is 10.0. The van der Waals surface area contributed by atoms with Crippen molar-refractivity contribution >= 4 is 5.97 Å². The molecule has 1 heterocycles. The fraction of sp³-hybridized carbons (Fsp3) is 0.700. The minimum Gasteiger partial charge on any atom is -0.468 e. The first-order valence-corrected chi connectivity index (χ1v) is 4.60. The van der Waals surface area contributed by atoms with E-state index in [0.29, 0.717) is 26.2 Å². The molecule has 1 N–H and O–H groups in total. The van der Waals surface area contributed by atoms with E-state index in [2.05, 4.69) is 11.2 Å². The smallest absolute Gasteiger partial charge is 0.328 e. The first-order valence-electron chi connectivity index (χ1n) is 4.60. The molecule has 1 atom stereocenters. The highest BCUT2D eigenvalue weighted by Gasteiger charge is 2.40. The Kier molecular flexibility index (Phi) is 3.93. The molecule has 0 bridgehead atoms. The van der Waals surface area contributed by atoms with Gasteiger partial charge in [-0.1, -0.05) is 5.92 Å². The summed E-state index contributed by atoms with van der Waals surface area (Å²) in [6.45, 7) is 1.37. The van der Waals surface area contributed by atoms with E-state index in [1.165, 1.54) is 7.11 Å². The molecule has 0 aromatic heterocycles. The Balaban J connectivity index is 2.67. The van der Waals surface area contributed by atoms with E-state index in [1.807, 2.05) is 0 Å². The molecule has 1 fully saturated rings. The van der Waals surface area contributed by atoms with Crippen LogP contribution < -0.4 is 5.32 Å². The summed E-state index contributed by atoms with van der Waals surface area (Å²) in [5.41, 5.74) is -0.737. The second-order valence-electron chi connectivity index (χ2n) is 3.29. The van der Waals surface area contributed by atoms with E-state index in [4.69, 9.17) is 15.9 Å². The van der Waals surface area contributed by atoms with Crippen LogP contribution in [0.4, 0.5) is 0 Å². The zero-order chi connectivity index (χ0) is 10.4. The maximum Gasteiger partial charge on any atom is 0.328 e. The van der Waals surface area contributed by atoms with Crippen molar-refractivity contribution in [2.45, 2.75) is 18.4 Å². The molecule has 0 amide bonds. The molecule has 1 aliphatic heterocycles. The SMILES string of the molecule is C#CCNC1(C(=O)OC)CCCOC1. The van der Waals surface area contributed by atoms with Crippen LogP contribution in [0.15, 0.2) is 0 Å². The Morgan fingerprint density at radius 3 is 3.07 bits per heavy atom. The number of hydrogen-bond donors (Lipinski definition) is 1. The van der Waals surface area contributed by atoms with Crippen molar-refractivity contribution in [1.29, 1.82) is 0 Å². The number of carbonyl (C=O) groups excluding carboxylic acids is 1. The molecule has 0 spiro atoms. The van der Waals surface area contributed by atoms with Gasteiger partial charge in [-0.25, -0.2) is 4.79 Å². The first kappa shape index (κ1) is 11.0. The van der Waals surface area contributed by atoms with Crippen molar-refractivity contribution in [3.05, 3.63) is 0 Å². The highest BCUT2D eigenvalue weighted by atomic mass is 16.5. The van der Waals surface area contributed by atoms with Crippen molar-refractivity contribution in [3.63, 3.8) is 0 Å². The van der Waals surface area contributed by atoms with Gasteiger partial charge >= 0.3 is 5.97 Å². The molecule has 0 aromatic carbocycles. The summed E-state index contributed by atoms with van der Waals surface area (Å²) in [5, 5.41) is 3.00. The molecular formula is C10H15NO3. The monoisotopic (exact) mass is 197 g/mol. The fourth-order valence-electron chi connectivity index (χ4n) is 1.58. The molecule has 1 rings (SSSR count). The van der Waals surface area contributed by atoms with Gasteiger partial charge in [0, 0.05) is 6.61 Å². The topological polar surface area (TPSA) is 47.6 Å². The highest BCUT2D eigenvalue weighted by Crippen LogP contribution is 2.20. The summed E-state index contributed by atoms with van der Waals surface area (Å²) >= 11 is 0. The largest absolute Gasteiger partial charge is 0.468 e. The molecule has 0 aromatic rings. The highest BCUT2D eigenvalue weighted by molar-refractivity contribution is 5.81. The van der Waals surface area contributed by atoms with E-state index in [-0.39, 0.29) is 5.97 Å². The number of terminal acetylenes is 1. The standard InChI is InChI=1S/C10H15NO3/c1-3-6-11-10(9(12)13-2)5-4-7-14-8-10/h1,11H,4-8H2,2H3. The Bertz CT molecular complexity index is 238. The zero-order valence-corrected chi connectivity index (χ0v) is 8.34. The van der Waals surface area contributed by atoms with E-state index >= 15 is 0 Å². The van der Waals surface area contributed by atoms with Gasteiger partial charge < -0.3 is 9.47 Å². The van der Waals surface area contributed by atoms with E-state index in [0.717, 1.165) is 6.42 Å². The Morgan fingerprint density at radius 2 is 2.57 bits per heavy atom. The van der Waals surface area contributed by atoms with Crippen molar-refractivity contribution in [1.82, 2.24) is 5.32 Å². The molecule has 1 unspecified atom stereocenters. The van der Waals surface area contributed by atoms with Crippen LogP contribution in [0.25, 0.3) is 0 Å². The van der Waals surface area contributed by atoms with Crippen LogP contribution in [0.2, 0.25) is 0 Å². The predicted molar refractivity (Wildman–Crippen MR) is 51.6 cm³/mol. The number of hydrogen-bond acceptors (Lipinski definition) is 4. The van der Waals surface area contributed by atoms with Crippen LogP contribution in [0.5, 0.6) is 0 Å². The van der Waals surface area contributed by atoms with Gasteiger partial charge in [0.05, 0.1) is 20.3 Å². The lowest BCUT2D eigenvalue weighted by atomic mass is 9.92. The number of carbonyl (C=O) groups is 1. The molecule has 14 heavy (non-hydrogen) atoms. The summed E-state index contributed by atoms with van der Waals surface area (Å²) in [6.07, 6.45) is 6.69. The Morgan fingerprint density at radius 1 is 1.79 bits per heavy atom. The Labute approximate surface area is 84.0 Å². The molecule has 1 saturated heterocycles. The fourth-order valence-corrected chi connectivity index (χ4v) is 1.58. The molecular weight excluding hydrogens is 182 g/mol. The Hall–Kier alpha value is -1.05. The van der Waals surface area contributed by atoms with Gasteiger partial charge in [-0.05, 0) is 12.8 Å². The molecule has 4 nitrogen and oxygen atoms in total. The first-order chi connectivity index (χ1) is 6.75. The van der Waals surface area contributed by atoms with Gasteiger partial charge in [0.25, 0.3) is 0 Å². The molecule has 78 valence electrons. The summed E-state index contributed by atoms with van der Waals surface area (Å²) in [7, 11) is 1.37. The third kappa shape index (κ3) is 2.25. The van der Waals surface area contributed by atoms with Gasteiger partial charge in [-0.3, -0.25) is 5.32 Å². The number of nitrogens with one attached hydrogen (secondary N) is 1. The zero-order valence-electron chi connectivity index (χ0n) is 8.34. The minimum absolute atomic E-state index is 0.299. The summed E-state index contributed by atoms with van der Waals surface area (Å²) in [4.78, 5) is 11.6. The second kappa shape index (κ2) is 4.99. The van der Waals surface area contributed by atoms with E-state index < -0.39 is 5.54 Å². The molecule has 0 saturated carbocycles. The lowest BCUT2D eigenvalue weighted by molar-refractivity contribution is -0.154. The van der Waals surface area contributed by atoms with Crippen LogP contribution in [0, 0.1) is 12.3 Å². The van der Waals surface area contributed by atoms with E-state index in [9.17, 15) is 4.79 Å². The number of esters is 1. The van der Waals surface area contributed by atoms with Crippen molar-refractivity contribution in [3.8, 4) is 12.3 Å². The maximum absolute atomic E-state index is 11.6. The number of rotatable bonds is 3. The van der Waals surface area contributed by atoms with E-state index in [1.54, 1.807) is 0 Å². The van der Waals surface area contributed by atoms with Crippen molar-refractivity contribution < 1.29 is 14.3 Å². The van der Waals surface area contributed by atoms with Gasteiger partial charge in [0.2, 0.25) is 0 Å². The third-order valence-electron chi connectivity index (χ3n) is 2.35. The van der Waals surface area contributed by atoms with Crippen LogP contribution in [-0.4, -0.2) is 38.4 Å². The summed E-state index contributed by atoms with van der Waals surface area (Å²) in [6, 6.07) is 0. The van der Waals surface area contributed by atoms with Crippen molar-refractivity contribution in [2.75, 3.05) is 26.9 Å². The van der Waals surface area contributed by atoms with Crippen molar-refractivity contribution in [2.24, 2.45) is 0 Å². The van der Waals surface area contributed by atoms with Crippen LogP contribution in [0.3, 0.4) is 0 Å².